The van der Waals surface area contributed by atoms with Gasteiger partial charge in [0.2, 0.25) is 59.5 Å². The molecule has 43 heteroatoms. The van der Waals surface area contributed by atoms with Gasteiger partial charge in [0.05, 0.1) is 16.5 Å². The minimum absolute atomic E-state index is 0.00891. The van der Waals surface area contributed by atoms with E-state index in [1.54, 1.807) is 13.8 Å². The molecule has 5 aromatic rings. The number of primary amides is 1. The molecule has 0 aliphatic carbocycles. The first kappa shape index (κ1) is 101. The lowest BCUT2D eigenvalue weighted by molar-refractivity contribution is -0.289. The van der Waals surface area contributed by atoms with Crippen LogP contribution in [0.4, 0.5) is 4.79 Å². The number of amides is 8. The number of carbonyl (C=O) groups is 15. The van der Waals surface area contributed by atoms with Crippen LogP contribution < -0.4 is 66.1 Å². The van der Waals surface area contributed by atoms with Gasteiger partial charge < -0.3 is 109 Å². The summed E-state index contributed by atoms with van der Waals surface area (Å²) in [6.45, 7) is 24.2. The zero-order chi connectivity index (χ0) is 96.5. The minimum atomic E-state index is -2.50. The second-order valence-electron chi connectivity index (χ2n) is 30.1. The third-order valence-corrected chi connectivity index (χ3v) is 20.4. The Morgan fingerprint density at radius 2 is 1.14 bits per heavy atom. The molecule has 8 N–H and O–H groups in total. The Labute approximate surface area is 765 Å². The molecule has 0 saturated carbocycles. The van der Waals surface area contributed by atoms with Crippen molar-refractivity contribution < 1.29 is 143 Å². The topological polar surface area (TPSA) is 545 Å². The van der Waals surface area contributed by atoms with Gasteiger partial charge in [-0.25, -0.2) is 9.59 Å². The normalized spacial score (nSPS) is 21.0. The maximum atomic E-state index is 16.9. The highest BCUT2D eigenvalue weighted by molar-refractivity contribution is 6.32. The van der Waals surface area contributed by atoms with Gasteiger partial charge in [-0.1, -0.05) is 124 Å². The number of azide groups is 1. The average Bonchev–Trinajstić information content (AvgIpc) is 0.755. The maximum Gasteiger partial charge on any atom is 0.410 e. The lowest BCUT2D eigenvalue weighted by Gasteiger charge is -2.44. The van der Waals surface area contributed by atoms with Gasteiger partial charge in [0.15, 0.2) is 42.0 Å². The Morgan fingerprint density at radius 1 is 0.583 bits per heavy atom. The first-order valence-electron chi connectivity index (χ1n) is 40.8. The summed E-state index contributed by atoms with van der Waals surface area (Å²) in [5, 5.41) is 17.9. The second-order valence-corrected chi connectivity index (χ2v) is 30.9. The first-order valence-corrected chi connectivity index (χ1v) is 41.6. The van der Waals surface area contributed by atoms with Crippen molar-refractivity contribution in [1.82, 2.24) is 36.8 Å². The number of ether oxygens (including phenoxy) is 15. The molecular formula is C89H97Cl2N11O30. The molecule has 41 nitrogen and oxygen atoms in total. The van der Waals surface area contributed by atoms with E-state index >= 15 is 33.6 Å². The maximum absolute atomic E-state index is 16.9. The highest BCUT2D eigenvalue weighted by Crippen LogP contribution is 2.51. The van der Waals surface area contributed by atoms with Gasteiger partial charge in [0, 0.05) is 82.3 Å². The summed E-state index contributed by atoms with van der Waals surface area (Å²) in [7, 11) is 1.22. The summed E-state index contributed by atoms with van der Waals surface area (Å²) < 4.78 is 92.0. The number of esters is 7. The van der Waals surface area contributed by atoms with Gasteiger partial charge in [-0.2, -0.15) is 0 Å². The molecule has 0 aromatic heterocycles. The van der Waals surface area contributed by atoms with E-state index in [9.17, 15) is 38.4 Å². The number of fused-ring (bicyclic) bond motifs is 15. The summed E-state index contributed by atoms with van der Waals surface area (Å²) >= 11 is 14.8. The van der Waals surface area contributed by atoms with E-state index < -0.39 is 251 Å². The quantitative estimate of drug-likeness (QED) is 0.00385. The Hall–Kier alpha value is -14.7. The van der Waals surface area contributed by atoms with E-state index in [0.29, 0.717) is 0 Å². The third kappa shape index (κ3) is 26.3. The monoisotopic (exact) mass is 1870 g/mol. The SMILES string of the molecule is C=CCOC(=O)[C@H]1NC(=O)[C@H]2NC(=O)[C@H](NC(=O)[C@@H]3NC(=O)[C@H](CC(N)=O)NC(=O)[C@H](NC(=O)[C@@H](CC(C)C)N(C)C(=O)OCC=C)[C@H](OC(C)=O)c4ccc(c(Cl)c4)Oc4cc3cc(c4O[C@@H]3O[C@H](COC(C)=O)[C@@H](OC(C)=O)[C@H](OC(C)=O)[C@H]3OC(=O)CCCN=[N+]=[N-])Oc3ccc(cc3Cl)[C@H]2OC(C)=O)c2ccc(OCC=C)c(c2)-c2c(OCC=C)cc(OCC=C)cc21. The van der Waals surface area contributed by atoms with Crippen molar-refractivity contribution in [1.29, 1.82) is 0 Å². The largest absolute Gasteiger partial charge is 0.489 e. The number of nitrogens with zero attached hydrogens (tertiary/aromatic N) is 4. The molecule has 0 unspecified atom stereocenters. The van der Waals surface area contributed by atoms with E-state index in [4.69, 9.17) is 106 Å². The Kier molecular flexibility index (Phi) is 36.0. The van der Waals surface area contributed by atoms with Crippen LogP contribution in [0.1, 0.15) is 132 Å². The van der Waals surface area contributed by atoms with Gasteiger partial charge in [0.25, 0.3) is 0 Å². The molecule has 6 aliphatic heterocycles. The summed E-state index contributed by atoms with van der Waals surface area (Å²) in [5.74, 6) is -21.3. The van der Waals surface area contributed by atoms with Crippen LogP contribution in [0.5, 0.6) is 46.0 Å². The number of likely N-dealkylation sites (N-methyl/N-ethyl adjacent to an activating group) is 1. The van der Waals surface area contributed by atoms with Gasteiger partial charge >= 0.3 is 47.9 Å². The van der Waals surface area contributed by atoms with Crippen LogP contribution in [-0.4, -0.2) is 202 Å². The highest BCUT2D eigenvalue weighted by atomic mass is 35.5. The fraction of sp³-hybridized carbons (Fsp3) is 0.382. The predicted molar refractivity (Wildman–Crippen MR) is 464 cm³/mol. The molecule has 8 amide bonds. The molecule has 1 saturated heterocycles. The van der Waals surface area contributed by atoms with Crippen LogP contribution >= 0.6 is 23.2 Å². The molecule has 11 rings (SSSR count). The molecule has 14 atom stereocenters. The molecule has 0 spiro atoms. The van der Waals surface area contributed by atoms with Crippen molar-refractivity contribution in [3.8, 4) is 57.1 Å². The molecule has 702 valence electrons. The molecule has 6 heterocycles. The standard InChI is InChI=1S/C89H97Cl2N11O30/c1-14-28-118-53-39-55-69(63(40-53)120-30-16-3)54-34-49(21-24-60(54)119-29-15-2)70-83(112)100-74(86(115)98-72(55)87(116)121-31-17-4)76(125-46(10)105)51-23-26-62(57(91)36-51)129-65-38-52-37-64(77(65)132-88-80(131-68(109)20-19-27-94-101-93)79(127-48(12)107)78(126-47(11)106)66(130-88)42-123-44(8)103)128-61-25-22-50(35-56(61)90)75(124-45(9)104)73(99-82(111)59(33-43(6)7)102(13)89(117)122-32-18-5)85(114)95-58(41-67(92)108)81(110)96-71(52)84(113)97-70/h14-18,21-26,34-40,43,58-59,66,70-76,78-80,88H,1-5,19-20,27-33,41-42H2,6-13H3,(H2,92,108)(H,95,114)(H,96,110)(H,97,113)(H,98,115)(H,99,111)(H,100,112)/t58-,59+,66+,70+,71+,72-,73+,74-,75+,76+,78+,79-,80+,88-/m0/s1. The van der Waals surface area contributed by atoms with Crippen molar-refractivity contribution >= 4 is 112 Å². The van der Waals surface area contributed by atoms with E-state index in [1.165, 1.54) is 79.9 Å². The number of hydrogen-bond donors (Lipinski definition) is 7. The number of nitrogens with one attached hydrogen (secondary N) is 6. The number of rotatable bonds is 34. The molecule has 1 fully saturated rings. The lowest BCUT2D eigenvalue weighted by atomic mass is 9.89. The summed E-state index contributed by atoms with van der Waals surface area (Å²) in [5.41, 5.74) is 13.4. The summed E-state index contributed by atoms with van der Waals surface area (Å²) in [6, 6.07) is 0.228. The van der Waals surface area contributed by atoms with Crippen molar-refractivity contribution in [2.75, 3.05) is 53.2 Å². The number of hydrogen-bond acceptors (Lipinski definition) is 31. The summed E-state index contributed by atoms with van der Waals surface area (Å²) in [6.07, 6.45) is -10.8. The average molecular weight is 1870 g/mol. The Bertz CT molecular complexity index is 5370. The number of nitrogens with two attached hydrogens (primary N) is 1. The van der Waals surface area contributed by atoms with Gasteiger partial charge in [-0.05, 0) is 101 Å². The number of carbonyl (C=O) groups excluding carboxylic acids is 15. The van der Waals surface area contributed by atoms with Gasteiger partial charge in [-0.3, -0.25) is 67.2 Å². The Morgan fingerprint density at radius 3 is 1.73 bits per heavy atom. The van der Waals surface area contributed by atoms with Gasteiger partial charge in [-0.15, -0.1) is 0 Å². The molecule has 132 heavy (non-hydrogen) atoms. The number of benzene rings is 5. The number of halogens is 2. The molecule has 0 radical (unpaired) electrons. The van der Waals surface area contributed by atoms with Crippen molar-refractivity contribution in [3.63, 3.8) is 0 Å². The van der Waals surface area contributed by atoms with E-state index in [2.05, 4.69) is 74.8 Å². The van der Waals surface area contributed by atoms with Crippen molar-refractivity contribution in [2.45, 2.75) is 159 Å². The molecule has 5 aromatic carbocycles. The van der Waals surface area contributed by atoms with E-state index in [0.717, 1.165) is 75.9 Å². The van der Waals surface area contributed by atoms with Crippen LogP contribution in [0.15, 0.2) is 147 Å². The highest BCUT2D eigenvalue weighted by Gasteiger charge is 2.55. The predicted octanol–water partition coefficient (Wildman–Crippen LogP) is 8.62. The van der Waals surface area contributed by atoms with Crippen LogP contribution in [0.3, 0.4) is 0 Å². The molecule has 11 bridgehead atoms. The fourth-order valence-electron chi connectivity index (χ4n) is 14.2. The third-order valence-electron chi connectivity index (χ3n) is 19.8. The van der Waals surface area contributed by atoms with Crippen LogP contribution in [-0.2, 0) is 110 Å². The smallest absolute Gasteiger partial charge is 0.410 e. The fourth-order valence-corrected chi connectivity index (χ4v) is 14.6. The lowest BCUT2D eigenvalue weighted by Crippen LogP contribution is -2.63. The first-order chi connectivity index (χ1) is 62.9. The van der Waals surface area contributed by atoms with Crippen LogP contribution in [0, 0.1) is 5.92 Å². The second kappa shape index (κ2) is 47.0. The van der Waals surface area contributed by atoms with Gasteiger partial charge in [0.1, 0.15) is 111 Å². The van der Waals surface area contributed by atoms with Crippen molar-refractivity contribution in [2.24, 2.45) is 16.8 Å². The zero-order valence-corrected chi connectivity index (χ0v) is 74.2. The zero-order valence-electron chi connectivity index (χ0n) is 72.7. The summed E-state index contributed by atoms with van der Waals surface area (Å²) in [4.78, 5) is 224. The minimum Gasteiger partial charge on any atom is -0.489 e. The van der Waals surface area contributed by atoms with Crippen LogP contribution in [0.25, 0.3) is 21.6 Å². The Balaban J connectivity index is 1.45. The molecular weight excluding hydrogens is 1770 g/mol. The van der Waals surface area contributed by atoms with E-state index in [-0.39, 0.29) is 96.4 Å². The van der Waals surface area contributed by atoms with Crippen LogP contribution in [0.2, 0.25) is 10.0 Å². The van der Waals surface area contributed by atoms with E-state index in [1.807, 2.05) is 0 Å². The van der Waals surface area contributed by atoms with Crippen molar-refractivity contribution in [3.05, 3.63) is 190 Å². The molecule has 6 aliphatic rings.